The third kappa shape index (κ3) is 3.25. The van der Waals surface area contributed by atoms with E-state index in [9.17, 15) is 0 Å². The quantitative estimate of drug-likeness (QED) is 0.865. The smallest absolute Gasteiger partial charge is 0.0555 e. The molecule has 3 rings (SSSR count). The molecule has 0 spiro atoms. The Kier molecular flexibility index (Phi) is 4.77. The average molecular weight is 288 g/mol. The van der Waals surface area contributed by atoms with Crippen molar-refractivity contribution >= 4 is 11.3 Å². The number of likely N-dealkylation sites (tertiary alicyclic amines) is 1. The van der Waals surface area contributed by atoms with Crippen molar-refractivity contribution in [2.75, 3.05) is 13.1 Å². The van der Waals surface area contributed by atoms with Crippen molar-refractivity contribution in [3.05, 3.63) is 21.9 Å². The van der Waals surface area contributed by atoms with E-state index in [1.165, 1.54) is 49.9 Å². The second kappa shape index (κ2) is 6.76. The summed E-state index contributed by atoms with van der Waals surface area (Å²) in [5, 5.41) is 2.17. The van der Waals surface area contributed by atoms with Crippen LogP contribution in [0.25, 0.3) is 0 Å². The fourth-order valence-electron chi connectivity index (χ4n) is 3.81. The summed E-state index contributed by atoms with van der Waals surface area (Å²) in [6, 6.07) is 3.09. The zero-order chi connectivity index (χ0) is 13.8. The Labute approximate surface area is 126 Å². The molecule has 1 atom stereocenters. The van der Waals surface area contributed by atoms with Gasteiger partial charge in [-0.1, -0.05) is 24.7 Å². The van der Waals surface area contributed by atoms with Gasteiger partial charge in [0.1, 0.15) is 0 Å². The largest absolute Gasteiger partial charge is 0.320 e. The van der Waals surface area contributed by atoms with Gasteiger partial charge in [0.15, 0.2) is 0 Å². The van der Waals surface area contributed by atoms with Crippen LogP contribution in [0.4, 0.5) is 0 Å². The van der Waals surface area contributed by atoms with Crippen LogP contribution in [0.3, 0.4) is 0 Å². The Morgan fingerprint density at radius 3 is 2.90 bits per heavy atom. The number of hydrogen-bond donors (Lipinski definition) is 1. The van der Waals surface area contributed by atoms with Crippen LogP contribution in [-0.4, -0.2) is 24.0 Å². The lowest BCUT2D eigenvalue weighted by Gasteiger charge is -2.28. The Bertz CT molecular complexity index is 491. The molecule has 2 nitrogen and oxygen atoms in total. The van der Waals surface area contributed by atoms with E-state index >= 15 is 0 Å². The molecule has 0 radical (unpaired) electrons. The van der Waals surface area contributed by atoms with Crippen molar-refractivity contribution in [1.29, 1.82) is 0 Å². The number of nitrogens with two attached hydrogens (primary N) is 1. The average Bonchev–Trinajstić information content (AvgIpc) is 3.18. The highest BCUT2D eigenvalue weighted by atomic mass is 32.1. The molecule has 1 unspecified atom stereocenters. The van der Waals surface area contributed by atoms with Gasteiger partial charge in [0, 0.05) is 28.4 Å². The molecule has 2 N–H and O–H groups in total. The lowest BCUT2D eigenvalue weighted by molar-refractivity contribution is 0.184. The SMILES string of the molecule is NCC#Cc1csc(CN2CCCC2C2CCCC2)c1. The lowest BCUT2D eigenvalue weighted by atomic mass is 9.96. The summed E-state index contributed by atoms with van der Waals surface area (Å²) in [6.07, 6.45) is 8.61. The molecule has 0 bridgehead atoms. The highest BCUT2D eigenvalue weighted by Crippen LogP contribution is 2.36. The first-order valence-corrected chi connectivity index (χ1v) is 8.75. The van der Waals surface area contributed by atoms with E-state index in [0.717, 1.165) is 24.1 Å². The van der Waals surface area contributed by atoms with Crippen LogP contribution in [0.15, 0.2) is 11.4 Å². The molecule has 1 aliphatic heterocycles. The third-order valence-electron chi connectivity index (χ3n) is 4.71. The Morgan fingerprint density at radius 1 is 1.25 bits per heavy atom. The summed E-state index contributed by atoms with van der Waals surface area (Å²) >= 11 is 1.85. The molecule has 1 saturated carbocycles. The second-order valence-electron chi connectivity index (χ2n) is 6.03. The van der Waals surface area contributed by atoms with Crippen molar-refractivity contribution < 1.29 is 0 Å². The molecular formula is C17H24N2S. The van der Waals surface area contributed by atoms with Gasteiger partial charge in [-0.25, -0.2) is 0 Å². The number of rotatable bonds is 3. The molecular weight excluding hydrogens is 264 g/mol. The van der Waals surface area contributed by atoms with Gasteiger partial charge in [-0.05, 0) is 44.2 Å². The molecule has 0 amide bonds. The predicted molar refractivity (Wildman–Crippen MR) is 85.6 cm³/mol. The maximum atomic E-state index is 5.42. The number of thiophene rings is 1. The zero-order valence-corrected chi connectivity index (χ0v) is 12.9. The summed E-state index contributed by atoms with van der Waals surface area (Å²) in [4.78, 5) is 4.18. The first kappa shape index (κ1) is 14.1. The van der Waals surface area contributed by atoms with Crippen LogP contribution >= 0.6 is 11.3 Å². The number of nitrogens with zero attached hydrogens (tertiary/aromatic N) is 1. The fourth-order valence-corrected chi connectivity index (χ4v) is 4.65. The normalized spacial score (nSPS) is 23.9. The monoisotopic (exact) mass is 288 g/mol. The topological polar surface area (TPSA) is 29.3 Å². The molecule has 3 heteroatoms. The van der Waals surface area contributed by atoms with Gasteiger partial charge in [-0.15, -0.1) is 11.3 Å². The van der Waals surface area contributed by atoms with E-state index in [-0.39, 0.29) is 0 Å². The zero-order valence-electron chi connectivity index (χ0n) is 12.1. The summed E-state index contributed by atoms with van der Waals surface area (Å²) in [6.45, 7) is 2.85. The van der Waals surface area contributed by atoms with Gasteiger partial charge < -0.3 is 5.73 Å². The molecule has 1 aromatic rings. The first-order chi connectivity index (χ1) is 9.86. The molecule has 2 heterocycles. The van der Waals surface area contributed by atoms with Crippen LogP contribution in [0.2, 0.25) is 0 Å². The summed E-state index contributed by atoms with van der Waals surface area (Å²) in [5.74, 6) is 7.04. The molecule has 108 valence electrons. The molecule has 1 aromatic heterocycles. The van der Waals surface area contributed by atoms with Gasteiger partial charge in [0.05, 0.1) is 6.54 Å². The minimum atomic E-state index is 0.445. The van der Waals surface area contributed by atoms with Crippen LogP contribution in [0.1, 0.15) is 49.0 Å². The van der Waals surface area contributed by atoms with Crippen LogP contribution in [-0.2, 0) is 6.54 Å². The first-order valence-electron chi connectivity index (χ1n) is 7.87. The van der Waals surface area contributed by atoms with E-state index in [4.69, 9.17) is 5.73 Å². The molecule has 20 heavy (non-hydrogen) atoms. The van der Waals surface area contributed by atoms with Gasteiger partial charge in [-0.3, -0.25) is 4.90 Å². The van der Waals surface area contributed by atoms with Gasteiger partial charge in [-0.2, -0.15) is 0 Å². The highest BCUT2D eigenvalue weighted by Gasteiger charge is 2.33. The van der Waals surface area contributed by atoms with E-state index in [1.54, 1.807) is 0 Å². The molecule has 0 aromatic carbocycles. The van der Waals surface area contributed by atoms with E-state index in [1.807, 2.05) is 11.3 Å². The van der Waals surface area contributed by atoms with Crippen LogP contribution in [0.5, 0.6) is 0 Å². The standard InChI is InChI=1S/C17H24N2S/c18-9-3-5-14-11-16(20-13-14)12-19-10-4-8-17(19)15-6-1-2-7-15/h11,13,15,17H,1-2,4,6-10,12,18H2. The minimum absolute atomic E-state index is 0.445. The molecule has 2 aliphatic rings. The summed E-state index contributed by atoms with van der Waals surface area (Å²) < 4.78 is 0. The lowest BCUT2D eigenvalue weighted by Crippen LogP contribution is -2.33. The van der Waals surface area contributed by atoms with E-state index in [0.29, 0.717) is 6.54 Å². The molecule has 1 aliphatic carbocycles. The van der Waals surface area contributed by atoms with Crippen LogP contribution in [0, 0.1) is 17.8 Å². The van der Waals surface area contributed by atoms with Crippen molar-refractivity contribution in [3.63, 3.8) is 0 Å². The summed E-state index contributed by atoms with van der Waals surface area (Å²) in [7, 11) is 0. The maximum absolute atomic E-state index is 5.42. The second-order valence-corrected chi connectivity index (χ2v) is 7.03. The van der Waals surface area contributed by atoms with Crippen molar-refractivity contribution in [1.82, 2.24) is 4.90 Å². The van der Waals surface area contributed by atoms with Crippen molar-refractivity contribution in [3.8, 4) is 11.8 Å². The van der Waals surface area contributed by atoms with Crippen LogP contribution < -0.4 is 5.73 Å². The molecule has 1 saturated heterocycles. The third-order valence-corrected chi connectivity index (χ3v) is 5.63. The van der Waals surface area contributed by atoms with Crippen molar-refractivity contribution in [2.45, 2.75) is 51.1 Å². The minimum Gasteiger partial charge on any atom is -0.320 e. The van der Waals surface area contributed by atoms with Crippen molar-refractivity contribution in [2.24, 2.45) is 11.7 Å². The van der Waals surface area contributed by atoms with Gasteiger partial charge >= 0.3 is 0 Å². The Hall–Kier alpha value is -0.820. The summed E-state index contributed by atoms with van der Waals surface area (Å²) in [5.41, 5.74) is 6.56. The predicted octanol–water partition coefficient (Wildman–Crippen LogP) is 3.21. The fraction of sp³-hybridized carbons (Fsp3) is 0.647. The maximum Gasteiger partial charge on any atom is 0.0555 e. The highest BCUT2D eigenvalue weighted by molar-refractivity contribution is 7.10. The van der Waals surface area contributed by atoms with E-state index in [2.05, 4.69) is 28.2 Å². The van der Waals surface area contributed by atoms with E-state index < -0.39 is 0 Å². The Morgan fingerprint density at radius 2 is 2.10 bits per heavy atom. The van der Waals surface area contributed by atoms with Gasteiger partial charge in [0.25, 0.3) is 0 Å². The number of hydrogen-bond acceptors (Lipinski definition) is 3. The van der Waals surface area contributed by atoms with Gasteiger partial charge in [0.2, 0.25) is 0 Å². The molecule has 2 fully saturated rings. The Balaban J connectivity index is 1.62.